The molecule has 96 valence electrons. The molecule has 0 bridgehead atoms. The van der Waals surface area contributed by atoms with Gasteiger partial charge < -0.3 is 14.7 Å². The molecule has 18 heavy (non-hydrogen) atoms. The Morgan fingerprint density at radius 1 is 1.44 bits per heavy atom. The van der Waals surface area contributed by atoms with Crippen LogP contribution in [0.15, 0.2) is 22.9 Å². The molecule has 0 aliphatic carbocycles. The SMILES string of the molecule is Cc1ccc(C(CN)N2CCn3cnnc3C2)o1. The third kappa shape index (κ3) is 1.93. The highest BCUT2D eigenvalue weighted by molar-refractivity contribution is 5.11. The Kier molecular flexibility index (Phi) is 2.89. The molecule has 0 saturated carbocycles. The summed E-state index contributed by atoms with van der Waals surface area (Å²) in [6.45, 7) is 5.10. The zero-order valence-electron chi connectivity index (χ0n) is 10.4. The molecule has 2 N–H and O–H groups in total. The van der Waals surface area contributed by atoms with E-state index in [1.165, 1.54) is 0 Å². The van der Waals surface area contributed by atoms with Crippen LogP contribution in [-0.2, 0) is 13.1 Å². The van der Waals surface area contributed by atoms with E-state index in [1.54, 1.807) is 6.33 Å². The molecule has 0 spiro atoms. The van der Waals surface area contributed by atoms with E-state index in [1.807, 2.05) is 19.1 Å². The van der Waals surface area contributed by atoms with E-state index in [4.69, 9.17) is 10.2 Å². The van der Waals surface area contributed by atoms with Crippen LogP contribution in [-0.4, -0.2) is 32.8 Å². The first-order chi connectivity index (χ1) is 8.78. The minimum atomic E-state index is 0.115. The molecule has 6 nitrogen and oxygen atoms in total. The van der Waals surface area contributed by atoms with Gasteiger partial charge in [-0.25, -0.2) is 0 Å². The summed E-state index contributed by atoms with van der Waals surface area (Å²) in [6, 6.07) is 4.10. The van der Waals surface area contributed by atoms with Crippen molar-refractivity contribution < 1.29 is 4.42 Å². The van der Waals surface area contributed by atoms with Gasteiger partial charge in [-0.15, -0.1) is 10.2 Å². The van der Waals surface area contributed by atoms with E-state index in [-0.39, 0.29) is 6.04 Å². The molecule has 6 heteroatoms. The number of aryl methyl sites for hydroxylation is 1. The summed E-state index contributed by atoms with van der Waals surface area (Å²) in [5, 5.41) is 8.05. The molecule has 1 aliphatic heterocycles. The number of aromatic nitrogens is 3. The molecule has 1 aliphatic rings. The summed E-state index contributed by atoms with van der Waals surface area (Å²) in [4.78, 5) is 2.29. The minimum absolute atomic E-state index is 0.115. The summed E-state index contributed by atoms with van der Waals surface area (Å²) >= 11 is 0. The van der Waals surface area contributed by atoms with Gasteiger partial charge >= 0.3 is 0 Å². The average molecular weight is 247 g/mol. The number of rotatable bonds is 3. The lowest BCUT2D eigenvalue weighted by molar-refractivity contribution is 0.138. The molecule has 2 aromatic heterocycles. The van der Waals surface area contributed by atoms with Gasteiger partial charge in [-0.2, -0.15) is 0 Å². The van der Waals surface area contributed by atoms with Crippen molar-refractivity contribution in [1.29, 1.82) is 0 Å². The lowest BCUT2D eigenvalue weighted by atomic mass is 10.1. The summed E-state index contributed by atoms with van der Waals surface area (Å²) in [6.07, 6.45) is 1.78. The van der Waals surface area contributed by atoms with E-state index in [0.717, 1.165) is 37.0 Å². The number of hydrogen-bond acceptors (Lipinski definition) is 5. The van der Waals surface area contributed by atoms with Gasteiger partial charge in [-0.05, 0) is 19.1 Å². The summed E-state index contributed by atoms with van der Waals surface area (Å²) in [7, 11) is 0. The van der Waals surface area contributed by atoms with Gasteiger partial charge in [0, 0.05) is 19.6 Å². The first kappa shape index (κ1) is 11.4. The monoisotopic (exact) mass is 247 g/mol. The zero-order chi connectivity index (χ0) is 12.5. The van der Waals surface area contributed by atoms with E-state index in [9.17, 15) is 0 Å². The van der Waals surface area contributed by atoms with E-state index < -0.39 is 0 Å². The second-order valence-corrected chi connectivity index (χ2v) is 4.61. The fraction of sp³-hybridized carbons (Fsp3) is 0.500. The number of furan rings is 1. The van der Waals surface area contributed by atoms with E-state index >= 15 is 0 Å². The summed E-state index contributed by atoms with van der Waals surface area (Å²) < 4.78 is 7.78. The molecule has 0 saturated heterocycles. The second-order valence-electron chi connectivity index (χ2n) is 4.61. The Bertz CT molecular complexity index is 532. The fourth-order valence-corrected chi connectivity index (χ4v) is 2.43. The summed E-state index contributed by atoms with van der Waals surface area (Å²) in [5.74, 6) is 2.84. The number of nitrogens with two attached hydrogens (primary N) is 1. The van der Waals surface area contributed by atoms with Crippen molar-refractivity contribution >= 4 is 0 Å². The van der Waals surface area contributed by atoms with Crippen molar-refractivity contribution in [3.05, 3.63) is 35.8 Å². The molecular formula is C12H17N5O. The average Bonchev–Trinajstić information content (AvgIpc) is 2.99. The van der Waals surface area contributed by atoms with Crippen LogP contribution in [0.4, 0.5) is 0 Å². The van der Waals surface area contributed by atoms with Crippen LogP contribution < -0.4 is 5.73 Å². The van der Waals surface area contributed by atoms with Gasteiger partial charge in [0.25, 0.3) is 0 Å². The quantitative estimate of drug-likeness (QED) is 0.864. The minimum Gasteiger partial charge on any atom is -0.465 e. The zero-order valence-corrected chi connectivity index (χ0v) is 10.4. The Morgan fingerprint density at radius 2 is 2.33 bits per heavy atom. The van der Waals surface area contributed by atoms with Crippen LogP contribution in [0.3, 0.4) is 0 Å². The van der Waals surface area contributed by atoms with Crippen molar-refractivity contribution in [2.75, 3.05) is 13.1 Å². The van der Waals surface area contributed by atoms with Gasteiger partial charge in [0.1, 0.15) is 23.7 Å². The molecule has 1 atom stereocenters. The highest BCUT2D eigenvalue weighted by atomic mass is 16.3. The smallest absolute Gasteiger partial charge is 0.147 e. The van der Waals surface area contributed by atoms with Crippen LogP contribution in [0.2, 0.25) is 0 Å². The van der Waals surface area contributed by atoms with Gasteiger partial charge in [0.15, 0.2) is 0 Å². The maximum Gasteiger partial charge on any atom is 0.147 e. The normalized spacial score (nSPS) is 17.7. The number of hydrogen-bond donors (Lipinski definition) is 1. The molecular weight excluding hydrogens is 230 g/mol. The topological polar surface area (TPSA) is 73.1 Å². The van der Waals surface area contributed by atoms with Crippen LogP contribution in [0.1, 0.15) is 23.4 Å². The Balaban J connectivity index is 1.82. The van der Waals surface area contributed by atoms with Gasteiger partial charge in [0.2, 0.25) is 0 Å². The molecule has 0 aromatic carbocycles. The van der Waals surface area contributed by atoms with Gasteiger partial charge in [-0.3, -0.25) is 4.90 Å². The van der Waals surface area contributed by atoms with Crippen molar-refractivity contribution in [2.24, 2.45) is 5.73 Å². The molecule has 0 amide bonds. The number of nitrogens with zero attached hydrogens (tertiary/aromatic N) is 4. The Labute approximate surface area is 105 Å². The van der Waals surface area contributed by atoms with Crippen LogP contribution in [0.25, 0.3) is 0 Å². The molecule has 0 radical (unpaired) electrons. The lowest BCUT2D eigenvalue weighted by Crippen LogP contribution is -2.39. The second kappa shape index (κ2) is 4.55. The largest absolute Gasteiger partial charge is 0.465 e. The van der Waals surface area contributed by atoms with E-state index in [2.05, 4.69) is 19.7 Å². The van der Waals surface area contributed by atoms with Crippen molar-refractivity contribution in [2.45, 2.75) is 26.1 Å². The summed E-state index contributed by atoms with van der Waals surface area (Å²) in [5.41, 5.74) is 5.90. The Morgan fingerprint density at radius 3 is 3.06 bits per heavy atom. The highest BCUT2D eigenvalue weighted by Crippen LogP contribution is 2.25. The predicted molar refractivity (Wildman–Crippen MR) is 65.7 cm³/mol. The molecule has 2 aromatic rings. The van der Waals surface area contributed by atoms with Crippen molar-refractivity contribution in [1.82, 2.24) is 19.7 Å². The standard InChI is InChI=1S/C12H17N5O/c1-9-2-3-11(18-9)10(6-13)16-4-5-17-8-14-15-12(17)7-16/h2-3,8,10H,4-7,13H2,1H3. The molecule has 1 unspecified atom stereocenters. The molecule has 3 heterocycles. The van der Waals surface area contributed by atoms with Crippen LogP contribution >= 0.6 is 0 Å². The highest BCUT2D eigenvalue weighted by Gasteiger charge is 2.26. The first-order valence-electron chi connectivity index (χ1n) is 6.15. The maximum atomic E-state index is 5.90. The predicted octanol–water partition coefficient (Wildman–Crippen LogP) is 0.695. The molecule has 0 fully saturated rings. The molecule has 3 rings (SSSR count). The van der Waals surface area contributed by atoms with Crippen LogP contribution in [0.5, 0.6) is 0 Å². The van der Waals surface area contributed by atoms with Crippen LogP contribution in [0, 0.1) is 6.92 Å². The maximum absolute atomic E-state index is 5.90. The first-order valence-corrected chi connectivity index (χ1v) is 6.15. The van der Waals surface area contributed by atoms with Crippen molar-refractivity contribution in [3.63, 3.8) is 0 Å². The fourth-order valence-electron chi connectivity index (χ4n) is 2.43. The Hall–Kier alpha value is -1.66. The van der Waals surface area contributed by atoms with Crippen molar-refractivity contribution in [3.8, 4) is 0 Å². The lowest BCUT2D eigenvalue weighted by Gasteiger charge is -2.32. The van der Waals surface area contributed by atoms with E-state index in [0.29, 0.717) is 6.54 Å². The third-order valence-corrected chi connectivity index (χ3v) is 3.42. The number of fused-ring (bicyclic) bond motifs is 1. The van der Waals surface area contributed by atoms with Gasteiger partial charge in [0.05, 0.1) is 12.6 Å². The third-order valence-electron chi connectivity index (χ3n) is 3.42. The van der Waals surface area contributed by atoms with Gasteiger partial charge in [-0.1, -0.05) is 0 Å².